The van der Waals surface area contributed by atoms with E-state index in [0.29, 0.717) is 13.1 Å². The van der Waals surface area contributed by atoms with Gasteiger partial charge in [0, 0.05) is 25.5 Å². The van der Waals surface area contributed by atoms with E-state index in [9.17, 15) is 13.0 Å². The van der Waals surface area contributed by atoms with Crippen LogP contribution in [-0.2, 0) is 10.1 Å². The van der Waals surface area contributed by atoms with Gasteiger partial charge in [-0.25, -0.2) is 0 Å². The zero-order valence-corrected chi connectivity index (χ0v) is 13.5. The molecule has 1 unspecified atom stereocenters. The molecule has 0 saturated heterocycles. The van der Waals surface area contributed by atoms with E-state index in [1.54, 1.807) is 22.2 Å². The van der Waals surface area contributed by atoms with Crippen LogP contribution in [-0.4, -0.2) is 41.4 Å². The van der Waals surface area contributed by atoms with E-state index in [2.05, 4.69) is 13.8 Å². The van der Waals surface area contributed by atoms with Gasteiger partial charge in [-0.2, -0.15) is 8.42 Å². The number of rotatable bonds is 10. The van der Waals surface area contributed by atoms with Crippen LogP contribution in [0.2, 0.25) is 0 Å². The van der Waals surface area contributed by atoms with Crippen molar-refractivity contribution in [2.75, 3.05) is 13.1 Å². The van der Waals surface area contributed by atoms with Crippen molar-refractivity contribution in [2.24, 2.45) is 0 Å². The Labute approximate surface area is 123 Å². The average molecular weight is 304 g/mol. The number of nitrogens with zero attached hydrogens (tertiary/aromatic N) is 2. The van der Waals surface area contributed by atoms with Gasteiger partial charge in [-0.15, -0.1) is 0 Å². The molecule has 0 aromatic heterocycles. The SMILES string of the molecule is CCCCCCCN1C=CN(CCCC)C1S(=O)(=O)O. The zero-order valence-electron chi connectivity index (χ0n) is 12.7. The summed E-state index contributed by atoms with van der Waals surface area (Å²) in [5.41, 5.74) is -0.930. The molecule has 5 nitrogen and oxygen atoms in total. The van der Waals surface area contributed by atoms with Gasteiger partial charge in [-0.05, 0) is 12.8 Å². The molecule has 6 heteroatoms. The molecular weight excluding hydrogens is 276 g/mol. The van der Waals surface area contributed by atoms with Crippen molar-refractivity contribution in [3.05, 3.63) is 12.4 Å². The van der Waals surface area contributed by atoms with Gasteiger partial charge in [0.15, 0.2) is 0 Å². The molecule has 1 aliphatic heterocycles. The highest BCUT2D eigenvalue weighted by atomic mass is 32.2. The van der Waals surface area contributed by atoms with Gasteiger partial charge in [0.2, 0.25) is 5.50 Å². The first-order valence-electron chi connectivity index (χ1n) is 7.66. The Morgan fingerprint density at radius 2 is 1.40 bits per heavy atom. The second-order valence-corrected chi connectivity index (χ2v) is 6.83. The predicted octanol–water partition coefficient (Wildman–Crippen LogP) is 3.02. The van der Waals surface area contributed by atoms with E-state index in [4.69, 9.17) is 0 Å². The van der Waals surface area contributed by atoms with E-state index < -0.39 is 15.6 Å². The van der Waals surface area contributed by atoms with Gasteiger partial charge in [0.1, 0.15) is 0 Å². The fraction of sp³-hybridized carbons (Fsp3) is 0.857. The predicted molar refractivity (Wildman–Crippen MR) is 81.6 cm³/mol. The van der Waals surface area contributed by atoms with Crippen LogP contribution >= 0.6 is 0 Å². The van der Waals surface area contributed by atoms with E-state index >= 15 is 0 Å². The van der Waals surface area contributed by atoms with Gasteiger partial charge in [-0.1, -0.05) is 46.0 Å². The van der Waals surface area contributed by atoms with Gasteiger partial charge in [0.25, 0.3) is 0 Å². The average Bonchev–Trinajstić information content (AvgIpc) is 2.79. The summed E-state index contributed by atoms with van der Waals surface area (Å²) < 4.78 is 32.6. The van der Waals surface area contributed by atoms with Gasteiger partial charge in [0.05, 0.1) is 0 Å². The first kappa shape index (κ1) is 17.3. The van der Waals surface area contributed by atoms with Gasteiger partial charge >= 0.3 is 10.1 Å². The van der Waals surface area contributed by atoms with Crippen LogP contribution in [0.4, 0.5) is 0 Å². The summed E-state index contributed by atoms with van der Waals surface area (Å²) in [5, 5.41) is 0. The van der Waals surface area contributed by atoms with E-state index in [-0.39, 0.29) is 0 Å². The highest BCUT2D eigenvalue weighted by Crippen LogP contribution is 2.21. The number of hydrogen-bond acceptors (Lipinski definition) is 4. The van der Waals surface area contributed by atoms with Crippen molar-refractivity contribution in [2.45, 2.75) is 64.3 Å². The van der Waals surface area contributed by atoms with Crippen LogP contribution in [0.5, 0.6) is 0 Å². The molecule has 0 aliphatic carbocycles. The summed E-state index contributed by atoms with van der Waals surface area (Å²) >= 11 is 0. The second kappa shape index (κ2) is 8.52. The van der Waals surface area contributed by atoms with Crippen molar-refractivity contribution in [1.29, 1.82) is 0 Å². The molecule has 0 bridgehead atoms. The lowest BCUT2D eigenvalue weighted by Crippen LogP contribution is -2.45. The summed E-state index contributed by atoms with van der Waals surface area (Å²) in [6.45, 7) is 5.56. The Bertz CT molecular complexity index is 395. The van der Waals surface area contributed by atoms with Crippen molar-refractivity contribution in [3.63, 3.8) is 0 Å². The molecule has 1 aliphatic rings. The highest BCUT2D eigenvalue weighted by Gasteiger charge is 2.35. The third-order valence-corrected chi connectivity index (χ3v) is 4.65. The molecule has 0 aromatic carbocycles. The van der Waals surface area contributed by atoms with Crippen molar-refractivity contribution >= 4 is 10.1 Å². The van der Waals surface area contributed by atoms with E-state index in [1.807, 2.05) is 0 Å². The topological polar surface area (TPSA) is 60.9 Å². The second-order valence-electron chi connectivity index (χ2n) is 5.38. The van der Waals surface area contributed by atoms with Crippen molar-refractivity contribution in [3.8, 4) is 0 Å². The largest absolute Gasteiger partial charge is 0.342 e. The fourth-order valence-electron chi connectivity index (χ4n) is 2.46. The molecule has 1 atom stereocenters. The maximum atomic E-state index is 11.6. The molecule has 0 spiro atoms. The minimum atomic E-state index is -4.09. The summed E-state index contributed by atoms with van der Waals surface area (Å²) in [5.74, 6) is 0. The monoisotopic (exact) mass is 304 g/mol. The Hall–Kier alpha value is -0.750. The standard InChI is InChI=1S/C14H28N2O3S/c1-3-5-7-8-9-11-16-13-12-15(10-6-4-2)14(16)20(17,18)19/h12-14H,3-11H2,1-2H3,(H,17,18,19). The molecule has 20 heavy (non-hydrogen) atoms. The lowest BCUT2D eigenvalue weighted by Gasteiger charge is -2.30. The summed E-state index contributed by atoms with van der Waals surface area (Å²) in [6, 6.07) is 0. The highest BCUT2D eigenvalue weighted by molar-refractivity contribution is 7.86. The Morgan fingerprint density at radius 1 is 0.900 bits per heavy atom. The molecule has 1 N–H and O–H groups in total. The lowest BCUT2D eigenvalue weighted by atomic mass is 10.1. The quantitative estimate of drug-likeness (QED) is 0.496. The van der Waals surface area contributed by atoms with E-state index in [0.717, 1.165) is 25.7 Å². The minimum Gasteiger partial charge on any atom is -0.342 e. The van der Waals surface area contributed by atoms with Gasteiger partial charge < -0.3 is 9.80 Å². The lowest BCUT2D eigenvalue weighted by molar-refractivity contribution is 0.203. The molecule has 0 fully saturated rings. The maximum Gasteiger partial charge on any atom is 0.306 e. The first-order valence-corrected chi connectivity index (χ1v) is 9.17. The van der Waals surface area contributed by atoms with Crippen LogP contribution in [0.3, 0.4) is 0 Å². The van der Waals surface area contributed by atoms with Crippen LogP contribution in [0.25, 0.3) is 0 Å². The molecule has 118 valence electrons. The Balaban J connectivity index is 2.51. The zero-order chi connectivity index (χ0) is 15.0. The summed E-state index contributed by atoms with van der Waals surface area (Å²) in [7, 11) is -4.09. The van der Waals surface area contributed by atoms with Crippen LogP contribution in [0.15, 0.2) is 12.4 Å². The normalized spacial score (nSPS) is 19.1. The number of hydrogen-bond donors (Lipinski definition) is 1. The molecule has 0 radical (unpaired) electrons. The number of unbranched alkanes of at least 4 members (excludes halogenated alkanes) is 5. The molecule has 0 aromatic rings. The first-order chi connectivity index (χ1) is 9.50. The van der Waals surface area contributed by atoms with Crippen LogP contribution in [0, 0.1) is 0 Å². The Morgan fingerprint density at radius 3 is 1.90 bits per heavy atom. The van der Waals surface area contributed by atoms with Gasteiger partial charge in [-0.3, -0.25) is 4.55 Å². The minimum absolute atomic E-state index is 0.657. The third kappa shape index (κ3) is 5.32. The molecule has 0 saturated carbocycles. The summed E-state index contributed by atoms with van der Waals surface area (Å²) in [6.07, 6.45) is 11.1. The molecule has 1 rings (SSSR count). The molecule has 1 heterocycles. The van der Waals surface area contributed by atoms with Crippen LogP contribution in [0.1, 0.15) is 58.8 Å². The third-order valence-electron chi connectivity index (χ3n) is 3.57. The molecule has 0 amide bonds. The van der Waals surface area contributed by atoms with E-state index in [1.165, 1.54) is 19.3 Å². The maximum absolute atomic E-state index is 11.6. The smallest absolute Gasteiger partial charge is 0.306 e. The van der Waals surface area contributed by atoms with Crippen LogP contribution < -0.4 is 0 Å². The van der Waals surface area contributed by atoms with Crippen molar-refractivity contribution in [1.82, 2.24) is 9.80 Å². The molecular formula is C14H28N2O3S. The van der Waals surface area contributed by atoms with Crippen molar-refractivity contribution < 1.29 is 13.0 Å². The summed E-state index contributed by atoms with van der Waals surface area (Å²) in [4.78, 5) is 3.45. The fourth-order valence-corrected chi connectivity index (χ4v) is 3.50. The Kier molecular flexibility index (Phi) is 7.37.